The number of hydrogen-bond donors (Lipinski definition) is 1. The highest BCUT2D eigenvalue weighted by atomic mass is 19.4. The molecule has 0 aliphatic rings. The largest absolute Gasteiger partial charge is 0.416 e. The van der Waals surface area contributed by atoms with Crippen molar-refractivity contribution in [2.45, 2.75) is 26.1 Å². The quantitative estimate of drug-likeness (QED) is 0.703. The lowest BCUT2D eigenvalue weighted by Crippen LogP contribution is -2.22. The molecular weight excluding hydrogens is 350 g/mol. The van der Waals surface area contributed by atoms with Crippen molar-refractivity contribution in [1.82, 2.24) is 9.38 Å². The van der Waals surface area contributed by atoms with Crippen molar-refractivity contribution in [3.05, 3.63) is 64.3 Å². The van der Waals surface area contributed by atoms with Crippen LogP contribution in [-0.2, 0) is 6.18 Å². The Labute approximate surface area is 146 Å². The fourth-order valence-electron chi connectivity index (χ4n) is 2.65. The summed E-state index contributed by atoms with van der Waals surface area (Å²) in [5.74, 6) is -0.621. The number of fused-ring (bicyclic) bond motifs is 1. The molecular formula is C18H15F4N3O. The van der Waals surface area contributed by atoms with E-state index in [-0.39, 0.29) is 28.6 Å². The van der Waals surface area contributed by atoms with Gasteiger partial charge >= 0.3 is 6.18 Å². The van der Waals surface area contributed by atoms with E-state index in [0.717, 1.165) is 18.2 Å². The second-order valence-corrected chi connectivity index (χ2v) is 6.06. The highest BCUT2D eigenvalue weighted by Gasteiger charge is 2.31. The van der Waals surface area contributed by atoms with E-state index in [1.54, 1.807) is 13.8 Å². The number of aromatic nitrogens is 2. The molecule has 0 unspecified atom stereocenters. The van der Waals surface area contributed by atoms with Crippen molar-refractivity contribution >= 4 is 11.5 Å². The zero-order chi connectivity index (χ0) is 19.1. The first-order valence-electron chi connectivity index (χ1n) is 7.83. The molecule has 0 fully saturated rings. The second-order valence-electron chi connectivity index (χ2n) is 6.06. The van der Waals surface area contributed by atoms with Crippen molar-refractivity contribution in [2.24, 2.45) is 0 Å². The Balaban J connectivity index is 2.42. The number of pyridine rings is 1. The van der Waals surface area contributed by atoms with Gasteiger partial charge in [0.05, 0.1) is 16.6 Å². The lowest BCUT2D eigenvalue weighted by molar-refractivity contribution is -0.137. The summed E-state index contributed by atoms with van der Waals surface area (Å²) < 4.78 is 55.0. The standard InChI is InChI=1S/C18H15F4N3O/c1-10(2)23-17-24-16(26)15(12-5-3-4-6-13(12)19)14-9-11(18(20,21)22)7-8-25(14)17/h3-10H,1-2H3,(H,23,24,26). The number of alkyl halides is 3. The van der Waals surface area contributed by atoms with Crippen LogP contribution in [0.25, 0.3) is 16.6 Å². The van der Waals surface area contributed by atoms with Crippen LogP contribution in [0.4, 0.5) is 23.5 Å². The predicted molar refractivity (Wildman–Crippen MR) is 90.6 cm³/mol. The van der Waals surface area contributed by atoms with Gasteiger partial charge in [0, 0.05) is 17.8 Å². The molecule has 136 valence electrons. The Hall–Kier alpha value is -2.90. The Morgan fingerprint density at radius 2 is 1.85 bits per heavy atom. The van der Waals surface area contributed by atoms with Crippen LogP contribution < -0.4 is 10.9 Å². The molecule has 0 radical (unpaired) electrons. The molecule has 0 saturated carbocycles. The zero-order valence-electron chi connectivity index (χ0n) is 13.9. The highest BCUT2D eigenvalue weighted by Crippen LogP contribution is 2.32. The first-order valence-corrected chi connectivity index (χ1v) is 7.83. The first-order chi connectivity index (χ1) is 12.2. The molecule has 0 spiro atoms. The van der Waals surface area contributed by atoms with Gasteiger partial charge in [-0.3, -0.25) is 9.20 Å². The van der Waals surface area contributed by atoms with Gasteiger partial charge in [-0.15, -0.1) is 0 Å². The third kappa shape index (κ3) is 3.26. The fraction of sp³-hybridized carbons (Fsp3) is 0.222. The molecule has 3 rings (SSSR count). The van der Waals surface area contributed by atoms with Gasteiger partial charge in [0.15, 0.2) is 0 Å². The summed E-state index contributed by atoms with van der Waals surface area (Å²) in [6, 6.07) is 7.01. The molecule has 26 heavy (non-hydrogen) atoms. The normalized spacial score (nSPS) is 12.0. The summed E-state index contributed by atoms with van der Waals surface area (Å²) in [5, 5.41) is 2.92. The molecule has 4 nitrogen and oxygen atoms in total. The van der Waals surface area contributed by atoms with E-state index < -0.39 is 23.1 Å². The summed E-state index contributed by atoms with van der Waals surface area (Å²) in [7, 11) is 0. The Morgan fingerprint density at radius 1 is 1.15 bits per heavy atom. The van der Waals surface area contributed by atoms with Crippen molar-refractivity contribution in [3.63, 3.8) is 0 Å². The van der Waals surface area contributed by atoms with Crippen LogP contribution in [0.2, 0.25) is 0 Å². The maximum absolute atomic E-state index is 14.2. The van der Waals surface area contributed by atoms with Crippen molar-refractivity contribution < 1.29 is 17.6 Å². The maximum atomic E-state index is 14.2. The molecule has 1 aromatic carbocycles. The molecule has 1 N–H and O–H groups in total. The molecule has 2 heterocycles. The van der Waals surface area contributed by atoms with E-state index in [2.05, 4.69) is 10.3 Å². The Kier molecular flexibility index (Phi) is 4.43. The van der Waals surface area contributed by atoms with Crippen molar-refractivity contribution in [2.75, 3.05) is 5.32 Å². The van der Waals surface area contributed by atoms with Gasteiger partial charge in [-0.1, -0.05) is 18.2 Å². The molecule has 0 aliphatic heterocycles. The van der Waals surface area contributed by atoms with Crippen LogP contribution >= 0.6 is 0 Å². The first kappa shape index (κ1) is 17.9. The van der Waals surface area contributed by atoms with Crippen LogP contribution in [0.1, 0.15) is 19.4 Å². The molecule has 0 bridgehead atoms. The number of rotatable bonds is 3. The Morgan fingerprint density at radius 3 is 2.46 bits per heavy atom. The SMILES string of the molecule is CC(C)Nc1nc(=O)c(-c2ccccc2F)c2cc(C(F)(F)F)ccn12. The van der Waals surface area contributed by atoms with Crippen LogP contribution in [0.3, 0.4) is 0 Å². The van der Waals surface area contributed by atoms with E-state index in [4.69, 9.17) is 0 Å². The van der Waals surface area contributed by atoms with Gasteiger partial charge < -0.3 is 5.32 Å². The van der Waals surface area contributed by atoms with E-state index in [1.807, 2.05) is 0 Å². The molecule has 0 atom stereocenters. The third-order valence-corrected chi connectivity index (χ3v) is 3.75. The van der Waals surface area contributed by atoms with Crippen molar-refractivity contribution in [3.8, 4) is 11.1 Å². The minimum atomic E-state index is -4.60. The maximum Gasteiger partial charge on any atom is 0.416 e. The average molecular weight is 365 g/mol. The number of halogens is 4. The van der Waals surface area contributed by atoms with E-state index in [9.17, 15) is 22.4 Å². The van der Waals surface area contributed by atoms with Gasteiger partial charge in [0.2, 0.25) is 5.95 Å². The minimum Gasteiger partial charge on any atom is -0.353 e. The molecule has 0 amide bonds. The van der Waals surface area contributed by atoms with E-state index >= 15 is 0 Å². The topological polar surface area (TPSA) is 46.4 Å². The van der Waals surface area contributed by atoms with Gasteiger partial charge in [0.25, 0.3) is 5.56 Å². The molecule has 0 saturated heterocycles. The summed E-state index contributed by atoms with van der Waals surface area (Å²) in [6.07, 6.45) is -3.43. The molecule has 8 heteroatoms. The van der Waals surface area contributed by atoms with Crippen LogP contribution in [0.5, 0.6) is 0 Å². The van der Waals surface area contributed by atoms with Gasteiger partial charge in [-0.05, 0) is 32.0 Å². The van der Waals surface area contributed by atoms with Crippen molar-refractivity contribution in [1.29, 1.82) is 0 Å². The smallest absolute Gasteiger partial charge is 0.353 e. The van der Waals surface area contributed by atoms with Crippen LogP contribution in [0, 0.1) is 5.82 Å². The summed E-state index contributed by atoms with van der Waals surface area (Å²) in [5.41, 5.74) is -2.14. The Bertz CT molecular complexity index is 1030. The molecule has 0 aliphatic carbocycles. The number of anilines is 1. The van der Waals surface area contributed by atoms with Gasteiger partial charge in [-0.2, -0.15) is 18.2 Å². The number of benzene rings is 1. The third-order valence-electron chi connectivity index (χ3n) is 3.75. The summed E-state index contributed by atoms with van der Waals surface area (Å²) in [4.78, 5) is 16.4. The highest BCUT2D eigenvalue weighted by molar-refractivity contribution is 5.81. The fourth-order valence-corrected chi connectivity index (χ4v) is 2.65. The van der Waals surface area contributed by atoms with Gasteiger partial charge in [0.1, 0.15) is 5.82 Å². The summed E-state index contributed by atoms with van der Waals surface area (Å²) >= 11 is 0. The number of hydrogen-bond acceptors (Lipinski definition) is 3. The van der Waals surface area contributed by atoms with Crippen LogP contribution in [0.15, 0.2) is 47.4 Å². The average Bonchev–Trinajstić information content (AvgIpc) is 2.54. The second kappa shape index (κ2) is 6.44. The lowest BCUT2D eigenvalue weighted by Gasteiger charge is -2.17. The summed E-state index contributed by atoms with van der Waals surface area (Å²) in [6.45, 7) is 3.60. The van der Waals surface area contributed by atoms with E-state index in [1.165, 1.54) is 28.8 Å². The lowest BCUT2D eigenvalue weighted by atomic mass is 10.0. The molecule has 3 aromatic rings. The van der Waals surface area contributed by atoms with Gasteiger partial charge in [-0.25, -0.2) is 4.39 Å². The predicted octanol–water partition coefficient (Wildman–Crippen LogP) is 4.34. The minimum absolute atomic E-state index is 0.0759. The van der Waals surface area contributed by atoms with Crippen LogP contribution in [-0.4, -0.2) is 15.4 Å². The monoisotopic (exact) mass is 365 g/mol. The number of nitrogens with one attached hydrogen (secondary N) is 1. The number of nitrogens with zero attached hydrogens (tertiary/aromatic N) is 2. The molecule has 2 aromatic heterocycles. The van der Waals surface area contributed by atoms with E-state index in [0.29, 0.717) is 0 Å². The zero-order valence-corrected chi connectivity index (χ0v) is 13.9.